The summed E-state index contributed by atoms with van der Waals surface area (Å²) in [5, 5.41) is 0. The van der Waals surface area contributed by atoms with Crippen LogP contribution in [0.25, 0.3) is 0 Å². The maximum absolute atomic E-state index is 4.40. The first-order chi connectivity index (χ1) is 6.49. The molecule has 0 unspecified atom stereocenters. The lowest BCUT2D eigenvalue weighted by Gasteiger charge is -2.15. The number of allylic oxidation sites excluding steroid dienone is 2. The first-order valence-electron chi connectivity index (χ1n) is 5.01. The van der Waals surface area contributed by atoms with Gasteiger partial charge in [-0.2, -0.15) is 0 Å². The lowest BCUT2D eigenvalue weighted by molar-refractivity contribution is 0.500. The Morgan fingerprint density at radius 3 is 1.79 bits per heavy atom. The highest BCUT2D eigenvalue weighted by Gasteiger charge is 1.98. The number of nitrogens with zero attached hydrogens (tertiary/aromatic N) is 2. The molecule has 0 saturated carbocycles. The lowest BCUT2D eigenvalue weighted by atomic mass is 10.3. The van der Waals surface area contributed by atoms with E-state index in [1.807, 2.05) is 39.8 Å². The molecule has 82 valence electrons. The second-order valence-electron chi connectivity index (χ2n) is 3.18. The van der Waals surface area contributed by atoms with E-state index in [0.29, 0.717) is 0 Å². The van der Waals surface area contributed by atoms with Crippen molar-refractivity contribution in [2.45, 2.75) is 34.6 Å². The fourth-order valence-electron chi connectivity index (χ4n) is 0.872. The molecule has 0 radical (unpaired) electrons. The van der Waals surface area contributed by atoms with Crippen LogP contribution in [0.4, 0.5) is 0 Å². The smallest absolute Gasteiger partial charge is 0.126 e. The molecule has 2 nitrogen and oxygen atoms in total. The van der Waals surface area contributed by atoms with E-state index in [1.165, 1.54) is 5.57 Å². The molecular formula is C12H24N2. The van der Waals surface area contributed by atoms with Gasteiger partial charge in [0.1, 0.15) is 5.82 Å². The second kappa shape index (κ2) is 8.54. The molecular weight excluding hydrogens is 172 g/mol. The molecule has 0 atom stereocenters. The summed E-state index contributed by atoms with van der Waals surface area (Å²) in [6.07, 6.45) is 1.76. The molecule has 0 aliphatic heterocycles. The third-order valence-corrected chi connectivity index (χ3v) is 1.45. The summed E-state index contributed by atoms with van der Waals surface area (Å²) in [5.74, 6) is 1.01. The van der Waals surface area contributed by atoms with Gasteiger partial charge in [-0.15, -0.1) is 0 Å². The minimum absolute atomic E-state index is 0.944. The second-order valence-corrected chi connectivity index (χ2v) is 3.18. The molecule has 0 aromatic carbocycles. The van der Waals surface area contributed by atoms with Crippen LogP contribution in [0.3, 0.4) is 0 Å². The topological polar surface area (TPSA) is 15.6 Å². The molecule has 0 aromatic heterocycles. The van der Waals surface area contributed by atoms with Crippen LogP contribution < -0.4 is 0 Å². The van der Waals surface area contributed by atoms with Crippen LogP contribution >= 0.6 is 0 Å². The Kier molecular flexibility index (Phi) is 9.41. The van der Waals surface area contributed by atoms with Gasteiger partial charge in [0.25, 0.3) is 0 Å². The quantitative estimate of drug-likeness (QED) is 0.631. The average molecular weight is 196 g/mol. The summed E-state index contributed by atoms with van der Waals surface area (Å²) in [5.41, 5.74) is 2.15. The van der Waals surface area contributed by atoms with Gasteiger partial charge in [-0.05, 0) is 32.4 Å². The first-order valence-corrected chi connectivity index (χ1v) is 5.01. The zero-order chi connectivity index (χ0) is 11.7. The molecule has 0 heterocycles. The van der Waals surface area contributed by atoms with E-state index in [4.69, 9.17) is 0 Å². The zero-order valence-corrected chi connectivity index (χ0v) is 10.7. The van der Waals surface area contributed by atoms with E-state index in [9.17, 15) is 0 Å². The Hall–Kier alpha value is -1.05. The van der Waals surface area contributed by atoms with Crippen molar-refractivity contribution < 1.29 is 0 Å². The Morgan fingerprint density at radius 1 is 1.14 bits per heavy atom. The van der Waals surface area contributed by atoms with Crippen molar-refractivity contribution in [3.05, 3.63) is 24.0 Å². The van der Waals surface area contributed by atoms with E-state index in [0.717, 1.165) is 11.5 Å². The largest absolute Gasteiger partial charge is 0.363 e. The fraction of sp³-hybridized carbons (Fsp3) is 0.583. The minimum atomic E-state index is 0.944. The van der Waals surface area contributed by atoms with Crippen molar-refractivity contribution in [2.24, 2.45) is 4.99 Å². The zero-order valence-electron chi connectivity index (χ0n) is 10.7. The monoisotopic (exact) mass is 196 g/mol. The summed E-state index contributed by atoms with van der Waals surface area (Å²) in [6.45, 7) is 13.7. The van der Waals surface area contributed by atoms with Crippen molar-refractivity contribution in [3.8, 4) is 0 Å². The first kappa shape index (κ1) is 15.4. The van der Waals surface area contributed by atoms with Crippen molar-refractivity contribution in [3.63, 3.8) is 0 Å². The molecule has 0 aliphatic carbocycles. The van der Waals surface area contributed by atoms with Crippen LogP contribution in [0.5, 0.6) is 0 Å². The standard InChI is InChI=1S/C10H18N2.C2H6/c1-7-9(4)11-10(8(2)3)12(5)6;1-2/h7H,1H2,2-6H3;1-2H3/b11-9-;. The van der Waals surface area contributed by atoms with E-state index in [2.05, 4.69) is 25.4 Å². The maximum Gasteiger partial charge on any atom is 0.126 e. The fourth-order valence-corrected chi connectivity index (χ4v) is 0.872. The summed E-state index contributed by atoms with van der Waals surface area (Å²) >= 11 is 0. The minimum Gasteiger partial charge on any atom is -0.363 e. The predicted molar refractivity (Wildman–Crippen MR) is 66.7 cm³/mol. The van der Waals surface area contributed by atoms with E-state index >= 15 is 0 Å². The highest BCUT2D eigenvalue weighted by molar-refractivity contribution is 5.92. The van der Waals surface area contributed by atoms with Gasteiger partial charge in [0.05, 0.1) is 0 Å². The predicted octanol–water partition coefficient (Wildman–Crippen LogP) is 3.47. The van der Waals surface area contributed by atoms with E-state index in [1.54, 1.807) is 6.08 Å². The number of hydrogen-bond donors (Lipinski definition) is 0. The van der Waals surface area contributed by atoms with E-state index < -0.39 is 0 Å². The average Bonchev–Trinajstić information content (AvgIpc) is 2.15. The number of rotatable bonds is 3. The molecule has 0 aromatic rings. The molecule has 2 heteroatoms. The summed E-state index contributed by atoms with van der Waals surface area (Å²) in [6, 6.07) is 0. The Bertz CT molecular complexity index is 218. The highest BCUT2D eigenvalue weighted by atomic mass is 15.2. The van der Waals surface area contributed by atoms with Gasteiger partial charge >= 0.3 is 0 Å². The van der Waals surface area contributed by atoms with Crippen LogP contribution in [0.2, 0.25) is 0 Å². The third kappa shape index (κ3) is 6.46. The molecule has 0 N–H and O–H groups in total. The Balaban J connectivity index is 0. The molecule has 0 amide bonds. The Morgan fingerprint density at radius 2 is 1.57 bits per heavy atom. The highest BCUT2D eigenvalue weighted by Crippen LogP contribution is 2.07. The molecule has 14 heavy (non-hydrogen) atoms. The van der Waals surface area contributed by atoms with Gasteiger partial charge in [-0.25, -0.2) is 4.99 Å². The van der Waals surface area contributed by atoms with Crippen LogP contribution in [0.15, 0.2) is 29.0 Å². The third-order valence-electron chi connectivity index (χ3n) is 1.45. The maximum atomic E-state index is 4.40. The van der Waals surface area contributed by atoms with Crippen molar-refractivity contribution in [1.82, 2.24) is 4.90 Å². The van der Waals surface area contributed by atoms with Crippen LogP contribution in [-0.2, 0) is 0 Å². The van der Waals surface area contributed by atoms with Crippen LogP contribution in [0.1, 0.15) is 34.6 Å². The summed E-state index contributed by atoms with van der Waals surface area (Å²) < 4.78 is 0. The molecule has 0 saturated heterocycles. The molecule has 0 fully saturated rings. The number of hydrogen-bond acceptors (Lipinski definition) is 2. The van der Waals surface area contributed by atoms with Crippen LogP contribution in [-0.4, -0.2) is 24.7 Å². The normalized spacial score (nSPS) is 9.79. The van der Waals surface area contributed by atoms with Crippen molar-refractivity contribution in [1.29, 1.82) is 0 Å². The van der Waals surface area contributed by atoms with Gasteiger partial charge in [0.2, 0.25) is 0 Å². The van der Waals surface area contributed by atoms with Crippen molar-refractivity contribution in [2.75, 3.05) is 14.1 Å². The van der Waals surface area contributed by atoms with Gasteiger partial charge in [-0.3, -0.25) is 0 Å². The van der Waals surface area contributed by atoms with Crippen LogP contribution in [0, 0.1) is 0 Å². The SMILES string of the molecule is C=C/C(C)=N\C(=C(C)C)N(C)C.CC. The Labute approximate surface area is 89.0 Å². The summed E-state index contributed by atoms with van der Waals surface area (Å²) in [7, 11) is 3.98. The molecule has 0 rings (SSSR count). The molecule has 0 bridgehead atoms. The number of aliphatic imine (C=N–C) groups is 1. The summed E-state index contributed by atoms with van der Waals surface area (Å²) in [4.78, 5) is 6.40. The molecule has 0 spiro atoms. The van der Waals surface area contributed by atoms with Gasteiger partial charge < -0.3 is 4.90 Å². The lowest BCUT2D eigenvalue weighted by Crippen LogP contribution is -2.11. The molecule has 0 aliphatic rings. The van der Waals surface area contributed by atoms with Gasteiger partial charge in [0, 0.05) is 19.8 Å². The van der Waals surface area contributed by atoms with Gasteiger partial charge in [0.15, 0.2) is 0 Å². The van der Waals surface area contributed by atoms with E-state index in [-0.39, 0.29) is 0 Å². The van der Waals surface area contributed by atoms with Crippen molar-refractivity contribution >= 4 is 5.71 Å². The van der Waals surface area contributed by atoms with Gasteiger partial charge in [-0.1, -0.05) is 20.4 Å².